The lowest BCUT2D eigenvalue weighted by molar-refractivity contribution is -0.166. The van der Waals surface area contributed by atoms with Crippen LogP contribution in [0.2, 0.25) is 0 Å². The molecule has 1 aromatic carbocycles. The van der Waals surface area contributed by atoms with Gasteiger partial charge in [0.1, 0.15) is 0 Å². The first-order chi connectivity index (χ1) is 17.9. The summed E-state index contributed by atoms with van der Waals surface area (Å²) in [6.07, 6.45) is 2.11. The van der Waals surface area contributed by atoms with E-state index >= 15 is 0 Å². The molecule has 8 nitrogen and oxygen atoms in total. The van der Waals surface area contributed by atoms with Crippen LogP contribution in [0.4, 0.5) is 8.78 Å². The average molecular weight is 532 g/mol. The fourth-order valence-electron chi connectivity index (χ4n) is 5.72. The lowest BCUT2D eigenvalue weighted by Crippen LogP contribution is -2.58. The van der Waals surface area contributed by atoms with E-state index < -0.39 is 19.0 Å². The van der Waals surface area contributed by atoms with E-state index in [9.17, 15) is 18.4 Å². The van der Waals surface area contributed by atoms with E-state index in [0.717, 1.165) is 36.2 Å². The van der Waals surface area contributed by atoms with Crippen LogP contribution in [0, 0.1) is 0 Å². The molecule has 0 bridgehead atoms. The molecule has 4 aliphatic heterocycles. The first-order valence-electron chi connectivity index (χ1n) is 13.0. The predicted octanol–water partition coefficient (Wildman–Crippen LogP) is 3.13. The molecule has 3 fully saturated rings. The van der Waals surface area contributed by atoms with Crippen molar-refractivity contribution in [2.45, 2.75) is 41.9 Å². The van der Waals surface area contributed by atoms with Crippen molar-refractivity contribution >= 4 is 23.6 Å². The largest absolute Gasteiger partial charge is 0.378 e. The molecule has 0 N–H and O–H groups in total. The SMILES string of the molecule is O=C(CCN1CCCC(n2nc(C(=O)N3CCOCC3)c3c2-c2ccccc2SC3)C1)N1CC(F)(F)C1. The first kappa shape index (κ1) is 24.8. The smallest absolute Gasteiger partial charge is 0.282 e. The molecule has 11 heteroatoms. The highest BCUT2D eigenvalue weighted by molar-refractivity contribution is 7.98. The standard InChI is InChI=1S/C26H31F2N5O3S/c27-26(28)16-32(17-26)22(34)7-9-30-8-3-4-18(14-30)33-24-19-5-1-2-6-21(19)37-15-20(24)23(29-33)25(35)31-10-12-36-13-11-31/h1-2,5-6,18H,3-4,7-17H2. The number of nitrogens with zero attached hydrogens (tertiary/aromatic N) is 5. The number of ether oxygens (including phenoxy) is 1. The van der Waals surface area contributed by atoms with Crippen LogP contribution in [0.25, 0.3) is 11.3 Å². The molecule has 0 aliphatic carbocycles. The van der Waals surface area contributed by atoms with E-state index in [2.05, 4.69) is 21.7 Å². The third-order valence-electron chi connectivity index (χ3n) is 7.69. The Morgan fingerprint density at radius 1 is 1.11 bits per heavy atom. The summed E-state index contributed by atoms with van der Waals surface area (Å²) in [5, 5.41) is 4.97. The highest BCUT2D eigenvalue weighted by Crippen LogP contribution is 2.44. The summed E-state index contributed by atoms with van der Waals surface area (Å²) in [5.74, 6) is -2.30. The number of benzene rings is 1. The molecule has 6 rings (SSSR count). The van der Waals surface area contributed by atoms with Crippen LogP contribution in [0.5, 0.6) is 0 Å². The number of hydrogen-bond donors (Lipinski definition) is 0. The number of amides is 2. The van der Waals surface area contributed by atoms with Gasteiger partial charge >= 0.3 is 0 Å². The van der Waals surface area contributed by atoms with E-state index in [4.69, 9.17) is 9.84 Å². The van der Waals surface area contributed by atoms with Crippen molar-refractivity contribution in [2.75, 3.05) is 59.0 Å². The third kappa shape index (κ3) is 4.88. The Morgan fingerprint density at radius 2 is 1.89 bits per heavy atom. The monoisotopic (exact) mass is 531 g/mol. The fourth-order valence-corrected chi connectivity index (χ4v) is 6.78. The van der Waals surface area contributed by atoms with Gasteiger partial charge in [0, 0.05) is 54.4 Å². The second-order valence-corrected chi connectivity index (χ2v) is 11.3. The lowest BCUT2D eigenvalue weighted by Gasteiger charge is -2.39. The van der Waals surface area contributed by atoms with Crippen LogP contribution in [-0.4, -0.2) is 101 Å². The maximum Gasteiger partial charge on any atom is 0.282 e. The maximum atomic E-state index is 13.5. The molecule has 0 radical (unpaired) electrons. The number of carbonyl (C=O) groups is 2. The van der Waals surface area contributed by atoms with Crippen molar-refractivity contribution in [3.05, 3.63) is 35.5 Å². The summed E-state index contributed by atoms with van der Waals surface area (Å²) >= 11 is 1.74. The molecular weight excluding hydrogens is 500 g/mol. The van der Waals surface area contributed by atoms with Gasteiger partial charge in [-0.15, -0.1) is 11.8 Å². The second-order valence-electron chi connectivity index (χ2n) is 10.3. The molecule has 3 saturated heterocycles. The Morgan fingerprint density at radius 3 is 2.68 bits per heavy atom. The number of aromatic nitrogens is 2. The van der Waals surface area contributed by atoms with Crippen molar-refractivity contribution in [2.24, 2.45) is 0 Å². The minimum absolute atomic E-state index is 0.0390. The Kier molecular flexibility index (Phi) is 6.70. The summed E-state index contributed by atoms with van der Waals surface area (Å²) in [6, 6.07) is 8.33. The maximum absolute atomic E-state index is 13.5. The average Bonchev–Trinajstić information content (AvgIpc) is 3.31. The Labute approximate surface area is 218 Å². The number of rotatable bonds is 5. The van der Waals surface area contributed by atoms with Gasteiger partial charge in [0.15, 0.2) is 5.69 Å². The molecule has 2 amide bonds. The number of piperidine rings is 1. The van der Waals surface area contributed by atoms with Crippen molar-refractivity contribution in [1.29, 1.82) is 0 Å². The number of morpholine rings is 1. The molecule has 1 unspecified atom stereocenters. The van der Waals surface area contributed by atoms with Crippen LogP contribution < -0.4 is 0 Å². The number of hydrogen-bond acceptors (Lipinski definition) is 6. The summed E-state index contributed by atoms with van der Waals surface area (Å²) in [6.45, 7) is 3.38. The quantitative estimate of drug-likeness (QED) is 0.591. The summed E-state index contributed by atoms with van der Waals surface area (Å²) in [5.41, 5.74) is 3.65. The summed E-state index contributed by atoms with van der Waals surface area (Å²) in [4.78, 5) is 32.4. The molecule has 37 heavy (non-hydrogen) atoms. The van der Waals surface area contributed by atoms with Gasteiger partial charge in [0.2, 0.25) is 5.91 Å². The van der Waals surface area contributed by atoms with Gasteiger partial charge in [-0.05, 0) is 25.5 Å². The number of carbonyl (C=O) groups excluding carboxylic acids is 2. The first-order valence-corrected chi connectivity index (χ1v) is 14.0. The van der Waals surface area contributed by atoms with E-state index in [1.165, 1.54) is 9.80 Å². The highest BCUT2D eigenvalue weighted by atomic mass is 32.2. The van der Waals surface area contributed by atoms with Gasteiger partial charge < -0.3 is 19.4 Å². The van der Waals surface area contributed by atoms with Crippen LogP contribution in [0.1, 0.15) is 41.4 Å². The Bertz CT molecular complexity index is 1190. The topological polar surface area (TPSA) is 70.9 Å². The molecule has 1 aromatic heterocycles. The van der Waals surface area contributed by atoms with Crippen LogP contribution in [0.15, 0.2) is 29.2 Å². The van der Waals surface area contributed by atoms with E-state index in [0.29, 0.717) is 50.8 Å². The van der Waals surface area contributed by atoms with Crippen LogP contribution >= 0.6 is 11.8 Å². The van der Waals surface area contributed by atoms with Crippen molar-refractivity contribution in [3.8, 4) is 11.3 Å². The molecule has 198 valence electrons. The van der Waals surface area contributed by atoms with Gasteiger partial charge in [-0.25, -0.2) is 8.78 Å². The molecule has 0 spiro atoms. The molecule has 2 aromatic rings. The van der Waals surface area contributed by atoms with Gasteiger partial charge in [-0.1, -0.05) is 18.2 Å². The van der Waals surface area contributed by atoms with Gasteiger partial charge in [-0.3, -0.25) is 14.3 Å². The van der Waals surface area contributed by atoms with Crippen LogP contribution in [-0.2, 0) is 15.3 Å². The Balaban J connectivity index is 1.24. The number of fused-ring (bicyclic) bond motifs is 3. The van der Waals surface area contributed by atoms with Crippen LogP contribution in [0.3, 0.4) is 0 Å². The molecule has 4 aliphatic rings. The molecule has 0 saturated carbocycles. The predicted molar refractivity (Wildman–Crippen MR) is 135 cm³/mol. The fraction of sp³-hybridized carbons (Fsp3) is 0.577. The third-order valence-corrected chi connectivity index (χ3v) is 8.79. The molecular formula is C26H31F2N5O3S. The number of likely N-dealkylation sites (tertiary alicyclic amines) is 2. The number of thioether (sulfide) groups is 1. The zero-order valence-corrected chi connectivity index (χ0v) is 21.5. The highest BCUT2D eigenvalue weighted by Gasteiger charge is 2.46. The zero-order valence-electron chi connectivity index (χ0n) is 20.7. The number of alkyl halides is 2. The summed E-state index contributed by atoms with van der Waals surface area (Å²) < 4.78 is 33.8. The molecule has 1 atom stereocenters. The van der Waals surface area contributed by atoms with Gasteiger partial charge in [0.05, 0.1) is 38.0 Å². The molecule has 5 heterocycles. The van der Waals surface area contributed by atoms with Gasteiger partial charge in [0.25, 0.3) is 11.8 Å². The van der Waals surface area contributed by atoms with E-state index in [-0.39, 0.29) is 24.3 Å². The normalized spacial score (nSPS) is 23.2. The second kappa shape index (κ2) is 9.99. The van der Waals surface area contributed by atoms with E-state index in [1.807, 2.05) is 17.0 Å². The van der Waals surface area contributed by atoms with E-state index in [1.54, 1.807) is 11.8 Å². The minimum Gasteiger partial charge on any atom is -0.378 e. The van der Waals surface area contributed by atoms with Gasteiger partial charge in [-0.2, -0.15) is 5.10 Å². The minimum atomic E-state index is -2.74. The lowest BCUT2D eigenvalue weighted by atomic mass is 10.0. The van der Waals surface area contributed by atoms with Crippen molar-refractivity contribution < 1.29 is 23.1 Å². The zero-order chi connectivity index (χ0) is 25.6. The van der Waals surface area contributed by atoms with Crippen molar-refractivity contribution in [1.82, 2.24) is 24.5 Å². The number of halogens is 2. The Hall–Kier alpha value is -2.50. The summed E-state index contributed by atoms with van der Waals surface area (Å²) in [7, 11) is 0. The van der Waals surface area contributed by atoms with Crippen molar-refractivity contribution in [3.63, 3.8) is 0 Å².